The van der Waals surface area contributed by atoms with E-state index in [0.717, 1.165) is 18.4 Å². The molecule has 1 nitrogen and oxygen atoms in total. The lowest BCUT2D eigenvalue weighted by Gasteiger charge is -2.26. The fraction of sp³-hybridized carbons (Fsp3) is 0.684. The topological polar surface area (TPSA) is 12.0 Å². The van der Waals surface area contributed by atoms with E-state index in [1.165, 1.54) is 48.8 Å². The van der Waals surface area contributed by atoms with Gasteiger partial charge >= 0.3 is 0 Å². The lowest BCUT2D eigenvalue weighted by molar-refractivity contribution is 0.354. The third kappa shape index (κ3) is 3.63. The van der Waals surface area contributed by atoms with Crippen LogP contribution in [0.3, 0.4) is 0 Å². The summed E-state index contributed by atoms with van der Waals surface area (Å²) < 4.78 is 0. The van der Waals surface area contributed by atoms with Crippen LogP contribution in [0.1, 0.15) is 68.7 Å². The van der Waals surface area contributed by atoms with Crippen LogP contribution < -0.4 is 5.32 Å². The average Bonchev–Trinajstić information content (AvgIpc) is 2.92. The first kappa shape index (κ1) is 15.6. The Labute approximate surface area is 125 Å². The summed E-state index contributed by atoms with van der Waals surface area (Å²) in [5, 5.41) is 3.82. The van der Waals surface area contributed by atoms with Crippen molar-refractivity contribution in [2.45, 2.75) is 65.8 Å². The summed E-state index contributed by atoms with van der Waals surface area (Å²) in [6.45, 7) is 10.2. The molecular weight excluding hydrogens is 242 g/mol. The van der Waals surface area contributed by atoms with E-state index in [4.69, 9.17) is 0 Å². The molecule has 1 aromatic carbocycles. The minimum Gasteiger partial charge on any atom is -0.310 e. The Hall–Kier alpha value is -0.820. The molecule has 1 aromatic rings. The second-order valence-corrected chi connectivity index (χ2v) is 6.62. The predicted octanol–water partition coefficient (Wildman–Crippen LogP) is 5.17. The average molecular weight is 273 g/mol. The van der Waals surface area contributed by atoms with Gasteiger partial charge in [0.25, 0.3) is 0 Å². The van der Waals surface area contributed by atoms with E-state index in [2.05, 4.69) is 51.2 Å². The Bertz CT molecular complexity index is 424. The minimum absolute atomic E-state index is 0.561. The molecule has 0 radical (unpaired) electrons. The van der Waals surface area contributed by atoms with Gasteiger partial charge in [-0.05, 0) is 68.2 Å². The summed E-state index contributed by atoms with van der Waals surface area (Å²) in [5.74, 6) is 1.78. The lowest BCUT2D eigenvalue weighted by Crippen LogP contribution is -2.28. The van der Waals surface area contributed by atoms with E-state index >= 15 is 0 Å². The number of aryl methyl sites for hydroxylation is 2. The summed E-state index contributed by atoms with van der Waals surface area (Å²) in [4.78, 5) is 0. The van der Waals surface area contributed by atoms with Crippen molar-refractivity contribution < 1.29 is 0 Å². The molecule has 1 aliphatic rings. The van der Waals surface area contributed by atoms with Crippen molar-refractivity contribution in [1.82, 2.24) is 5.32 Å². The van der Waals surface area contributed by atoms with Crippen molar-refractivity contribution in [3.8, 4) is 0 Å². The van der Waals surface area contributed by atoms with Crippen molar-refractivity contribution in [2.75, 3.05) is 6.54 Å². The number of rotatable bonds is 6. The molecule has 1 heteroatoms. The zero-order valence-corrected chi connectivity index (χ0v) is 13.7. The van der Waals surface area contributed by atoms with Gasteiger partial charge in [0.05, 0.1) is 0 Å². The van der Waals surface area contributed by atoms with Crippen LogP contribution in [0.2, 0.25) is 0 Å². The molecule has 0 aliphatic heterocycles. The number of nitrogens with one attached hydrogen (secondary N) is 1. The van der Waals surface area contributed by atoms with Gasteiger partial charge in [0.1, 0.15) is 0 Å². The van der Waals surface area contributed by atoms with E-state index in [9.17, 15) is 0 Å². The molecule has 2 rings (SSSR count). The fourth-order valence-electron chi connectivity index (χ4n) is 3.60. The van der Waals surface area contributed by atoms with Crippen LogP contribution in [0.25, 0.3) is 0 Å². The maximum atomic E-state index is 3.82. The Balaban J connectivity index is 2.16. The van der Waals surface area contributed by atoms with Gasteiger partial charge < -0.3 is 5.32 Å². The van der Waals surface area contributed by atoms with Crippen LogP contribution in [0.5, 0.6) is 0 Å². The molecule has 0 heterocycles. The number of benzene rings is 1. The van der Waals surface area contributed by atoms with Crippen LogP contribution >= 0.6 is 0 Å². The van der Waals surface area contributed by atoms with Gasteiger partial charge in [-0.25, -0.2) is 0 Å². The van der Waals surface area contributed by atoms with Crippen LogP contribution in [-0.4, -0.2) is 6.54 Å². The smallest absolute Gasteiger partial charge is 0.0348 e. The molecule has 1 aliphatic carbocycles. The van der Waals surface area contributed by atoms with E-state index < -0.39 is 0 Å². The van der Waals surface area contributed by atoms with Crippen molar-refractivity contribution in [2.24, 2.45) is 11.8 Å². The molecule has 0 aromatic heterocycles. The van der Waals surface area contributed by atoms with E-state index in [1.807, 2.05) is 0 Å². The summed E-state index contributed by atoms with van der Waals surface area (Å²) in [7, 11) is 0. The van der Waals surface area contributed by atoms with E-state index in [-0.39, 0.29) is 0 Å². The van der Waals surface area contributed by atoms with Gasteiger partial charge in [-0.2, -0.15) is 0 Å². The monoisotopic (exact) mass is 273 g/mol. The van der Waals surface area contributed by atoms with Crippen molar-refractivity contribution in [3.05, 3.63) is 34.9 Å². The van der Waals surface area contributed by atoms with Crippen LogP contribution in [0, 0.1) is 25.7 Å². The van der Waals surface area contributed by atoms with Crippen molar-refractivity contribution in [3.63, 3.8) is 0 Å². The summed E-state index contributed by atoms with van der Waals surface area (Å²) in [6, 6.07) is 7.60. The first-order chi connectivity index (χ1) is 9.65. The fourth-order valence-corrected chi connectivity index (χ4v) is 3.60. The molecule has 112 valence electrons. The third-order valence-corrected chi connectivity index (χ3v) is 5.13. The van der Waals surface area contributed by atoms with Gasteiger partial charge in [0.15, 0.2) is 0 Å². The summed E-state index contributed by atoms with van der Waals surface area (Å²) >= 11 is 0. The second-order valence-electron chi connectivity index (χ2n) is 6.62. The Morgan fingerprint density at radius 3 is 2.55 bits per heavy atom. The minimum atomic E-state index is 0.561. The van der Waals surface area contributed by atoms with E-state index in [0.29, 0.717) is 6.04 Å². The zero-order chi connectivity index (χ0) is 14.5. The molecule has 1 fully saturated rings. The highest BCUT2D eigenvalue weighted by atomic mass is 14.9. The van der Waals surface area contributed by atoms with Gasteiger partial charge in [0.2, 0.25) is 0 Å². The Morgan fingerprint density at radius 1 is 1.15 bits per heavy atom. The Morgan fingerprint density at radius 2 is 1.95 bits per heavy atom. The first-order valence-corrected chi connectivity index (χ1v) is 8.46. The first-order valence-electron chi connectivity index (χ1n) is 8.46. The molecule has 0 amide bonds. The highest BCUT2D eigenvalue weighted by Crippen LogP contribution is 2.40. The molecular formula is C19H31N. The molecule has 3 unspecified atom stereocenters. The quantitative estimate of drug-likeness (QED) is 0.754. The molecule has 3 atom stereocenters. The second kappa shape index (κ2) is 7.26. The molecule has 20 heavy (non-hydrogen) atoms. The van der Waals surface area contributed by atoms with Crippen molar-refractivity contribution >= 4 is 0 Å². The predicted molar refractivity (Wildman–Crippen MR) is 88.1 cm³/mol. The lowest BCUT2D eigenvalue weighted by atomic mass is 9.89. The summed E-state index contributed by atoms with van der Waals surface area (Å²) in [6.07, 6.45) is 6.79. The van der Waals surface area contributed by atoms with E-state index in [1.54, 1.807) is 0 Å². The summed E-state index contributed by atoms with van der Waals surface area (Å²) in [5.41, 5.74) is 4.33. The normalized spacial score (nSPS) is 24.0. The molecule has 0 spiro atoms. The molecule has 0 bridgehead atoms. The Kier molecular flexibility index (Phi) is 5.65. The standard InChI is InChI=1S/C19H31N/c1-5-11-20-19(18-10-8-16(6-2)13-18)17-9-7-14(3)15(4)12-17/h7,9,12,16,18-20H,5-6,8,10-11,13H2,1-4H3. The van der Waals surface area contributed by atoms with Gasteiger partial charge in [0, 0.05) is 6.04 Å². The maximum Gasteiger partial charge on any atom is 0.0348 e. The SMILES string of the molecule is CCCNC(c1ccc(C)c(C)c1)C1CCC(CC)C1. The van der Waals surface area contributed by atoms with Gasteiger partial charge in [-0.15, -0.1) is 0 Å². The third-order valence-electron chi connectivity index (χ3n) is 5.13. The van der Waals surface area contributed by atoms with Crippen molar-refractivity contribution in [1.29, 1.82) is 0 Å². The molecule has 0 saturated heterocycles. The van der Waals surface area contributed by atoms with Crippen LogP contribution in [0.15, 0.2) is 18.2 Å². The van der Waals surface area contributed by atoms with Gasteiger partial charge in [-0.3, -0.25) is 0 Å². The maximum absolute atomic E-state index is 3.82. The van der Waals surface area contributed by atoms with Crippen LogP contribution in [0.4, 0.5) is 0 Å². The zero-order valence-electron chi connectivity index (χ0n) is 13.7. The highest BCUT2D eigenvalue weighted by Gasteiger charge is 2.30. The van der Waals surface area contributed by atoms with Gasteiger partial charge in [-0.1, -0.05) is 44.9 Å². The highest BCUT2D eigenvalue weighted by molar-refractivity contribution is 5.32. The van der Waals surface area contributed by atoms with Crippen LogP contribution in [-0.2, 0) is 0 Å². The number of hydrogen-bond acceptors (Lipinski definition) is 1. The largest absolute Gasteiger partial charge is 0.310 e. The molecule has 1 saturated carbocycles. The number of hydrogen-bond donors (Lipinski definition) is 1. The molecule has 1 N–H and O–H groups in total.